The van der Waals surface area contributed by atoms with Crippen LogP contribution in [0.1, 0.15) is 24.8 Å². The van der Waals surface area contributed by atoms with Crippen LogP contribution in [0.3, 0.4) is 0 Å². The molecule has 7 nitrogen and oxygen atoms in total. The SMILES string of the molecule is Cc1cc(NC(=O)CCN2CCCC2)ccc1Br.O=C(O)C(=O)O. The van der Waals surface area contributed by atoms with Crippen molar-refractivity contribution >= 4 is 39.5 Å². The summed E-state index contributed by atoms with van der Waals surface area (Å²) in [4.78, 5) is 32.4. The molecule has 0 bridgehead atoms. The average Bonchev–Trinajstić information content (AvgIpc) is 3.03. The van der Waals surface area contributed by atoms with Crippen LogP contribution in [0, 0.1) is 6.92 Å². The highest BCUT2D eigenvalue weighted by Gasteiger charge is 2.12. The van der Waals surface area contributed by atoms with Crippen LogP contribution in [0.2, 0.25) is 0 Å². The van der Waals surface area contributed by atoms with E-state index in [9.17, 15) is 4.79 Å². The number of nitrogens with one attached hydrogen (secondary N) is 1. The molecule has 2 rings (SSSR count). The molecule has 0 saturated carbocycles. The van der Waals surface area contributed by atoms with Gasteiger partial charge in [0.25, 0.3) is 0 Å². The summed E-state index contributed by atoms with van der Waals surface area (Å²) in [5.74, 6) is -3.55. The van der Waals surface area contributed by atoms with Crippen LogP contribution in [0.5, 0.6) is 0 Å². The molecule has 132 valence electrons. The molecule has 1 aromatic rings. The van der Waals surface area contributed by atoms with E-state index < -0.39 is 11.9 Å². The first-order chi connectivity index (χ1) is 11.3. The number of carbonyl (C=O) groups excluding carboxylic acids is 1. The summed E-state index contributed by atoms with van der Waals surface area (Å²) in [6.45, 7) is 5.18. The van der Waals surface area contributed by atoms with Crippen LogP contribution in [0.4, 0.5) is 5.69 Å². The first-order valence-electron chi connectivity index (χ1n) is 7.54. The van der Waals surface area contributed by atoms with Gasteiger partial charge < -0.3 is 20.4 Å². The summed E-state index contributed by atoms with van der Waals surface area (Å²) >= 11 is 3.45. The Hall–Kier alpha value is -1.93. The van der Waals surface area contributed by atoms with Gasteiger partial charge in [0.15, 0.2) is 0 Å². The van der Waals surface area contributed by atoms with E-state index in [-0.39, 0.29) is 5.91 Å². The van der Waals surface area contributed by atoms with Crippen LogP contribution in [0.15, 0.2) is 22.7 Å². The summed E-state index contributed by atoms with van der Waals surface area (Å²) in [7, 11) is 0. The number of carbonyl (C=O) groups is 3. The number of anilines is 1. The lowest BCUT2D eigenvalue weighted by molar-refractivity contribution is -0.159. The zero-order valence-corrected chi connectivity index (χ0v) is 15.0. The number of likely N-dealkylation sites (tertiary alicyclic amines) is 1. The Balaban J connectivity index is 0.000000413. The van der Waals surface area contributed by atoms with Gasteiger partial charge in [-0.3, -0.25) is 4.79 Å². The normalized spacial score (nSPS) is 13.8. The number of amides is 1. The van der Waals surface area contributed by atoms with E-state index in [2.05, 4.69) is 26.1 Å². The van der Waals surface area contributed by atoms with E-state index >= 15 is 0 Å². The molecule has 0 unspecified atom stereocenters. The van der Waals surface area contributed by atoms with Crippen molar-refractivity contribution in [1.29, 1.82) is 0 Å². The minimum Gasteiger partial charge on any atom is -0.473 e. The lowest BCUT2D eigenvalue weighted by Crippen LogP contribution is -2.25. The number of aliphatic carboxylic acids is 2. The van der Waals surface area contributed by atoms with Crippen molar-refractivity contribution in [3.05, 3.63) is 28.2 Å². The van der Waals surface area contributed by atoms with Gasteiger partial charge in [0.05, 0.1) is 0 Å². The fourth-order valence-corrected chi connectivity index (χ4v) is 2.46. The van der Waals surface area contributed by atoms with Gasteiger partial charge in [-0.15, -0.1) is 0 Å². The second-order valence-electron chi connectivity index (χ2n) is 5.42. The summed E-state index contributed by atoms with van der Waals surface area (Å²) in [5.41, 5.74) is 2.01. The van der Waals surface area contributed by atoms with Crippen molar-refractivity contribution < 1.29 is 24.6 Å². The zero-order valence-electron chi connectivity index (χ0n) is 13.4. The second-order valence-corrected chi connectivity index (χ2v) is 6.28. The highest BCUT2D eigenvalue weighted by atomic mass is 79.9. The summed E-state index contributed by atoms with van der Waals surface area (Å²) in [6.07, 6.45) is 3.12. The van der Waals surface area contributed by atoms with Gasteiger partial charge in [-0.2, -0.15) is 0 Å². The standard InChI is InChI=1S/C14H19BrN2O.C2H2O4/c1-11-10-12(4-5-13(11)15)16-14(18)6-9-17-7-2-3-8-17;3-1(4)2(5)6/h4-5,10H,2-3,6-9H2,1H3,(H,16,18);(H,3,4)(H,5,6). The lowest BCUT2D eigenvalue weighted by Gasteiger charge is -2.14. The Kier molecular flexibility index (Phi) is 8.42. The van der Waals surface area contributed by atoms with Crippen LogP contribution in [-0.2, 0) is 14.4 Å². The molecule has 0 atom stereocenters. The van der Waals surface area contributed by atoms with Crippen molar-refractivity contribution in [2.75, 3.05) is 25.0 Å². The van der Waals surface area contributed by atoms with Gasteiger partial charge in [-0.25, -0.2) is 9.59 Å². The first kappa shape index (κ1) is 20.1. The monoisotopic (exact) mass is 400 g/mol. The molecule has 0 aliphatic carbocycles. The molecule has 3 N–H and O–H groups in total. The number of rotatable bonds is 4. The maximum Gasteiger partial charge on any atom is 0.414 e. The van der Waals surface area contributed by atoms with Gasteiger partial charge in [0, 0.05) is 23.1 Å². The minimum atomic E-state index is -1.82. The Morgan fingerprint density at radius 2 is 1.75 bits per heavy atom. The number of aryl methyl sites for hydroxylation is 1. The Morgan fingerprint density at radius 1 is 1.17 bits per heavy atom. The van der Waals surface area contributed by atoms with Gasteiger partial charge in [-0.1, -0.05) is 15.9 Å². The first-order valence-corrected chi connectivity index (χ1v) is 8.33. The van der Waals surface area contributed by atoms with Crippen LogP contribution in [0.25, 0.3) is 0 Å². The summed E-state index contributed by atoms with van der Waals surface area (Å²) < 4.78 is 1.07. The quantitative estimate of drug-likeness (QED) is 0.669. The molecule has 1 fully saturated rings. The van der Waals surface area contributed by atoms with E-state index in [0.717, 1.165) is 35.4 Å². The smallest absolute Gasteiger partial charge is 0.414 e. The molecule has 0 spiro atoms. The van der Waals surface area contributed by atoms with Crippen molar-refractivity contribution in [1.82, 2.24) is 4.90 Å². The second kappa shape index (κ2) is 10.0. The zero-order chi connectivity index (χ0) is 18.1. The third kappa shape index (κ3) is 7.56. The van der Waals surface area contributed by atoms with Crippen LogP contribution < -0.4 is 5.32 Å². The predicted octanol–water partition coefficient (Wildman–Crippen LogP) is 2.34. The van der Waals surface area contributed by atoms with Gasteiger partial charge >= 0.3 is 11.9 Å². The van der Waals surface area contributed by atoms with E-state index in [0.29, 0.717) is 6.42 Å². The largest absolute Gasteiger partial charge is 0.473 e. The van der Waals surface area contributed by atoms with E-state index in [1.54, 1.807) is 0 Å². The van der Waals surface area contributed by atoms with Crippen molar-refractivity contribution in [3.8, 4) is 0 Å². The Morgan fingerprint density at radius 3 is 2.25 bits per heavy atom. The molecule has 1 aromatic carbocycles. The number of nitrogens with zero attached hydrogens (tertiary/aromatic N) is 1. The number of carboxylic acid groups (broad SMARTS) is 2. The number of benzene rings is 1. The Bertz CT molecular complexity index is 588. The topological polar surface area (TPSA) is 107 Å². The molecule has 1 aliphatic heterocycles. The fraction of sp³-hybridized carbons (Fsp3) is 0.438. The molecule has 1 saturated heterocycles. The number of halogens is 1. The fourth-order valence-electron chi connectivity index (χ4n) is 2.21. The number of hydrogen-bond acceptors (Lipinski definition) is 4. The van der Waals surface area contributed by atoms with Crippen molar-refractivity contribution in [3.63, 3.8) is 0 Å². The van der Waals surface area contributed by atoms with Gasteiger partial charge in [0.2, 0.25) is 5.91 Å². The highest BCUT2D eigenvalue weighted by molar-refractivity contribution is 9.10. The highest BCUT2D eigenvalue weighted by Crippen LogP contribution is 2.20. The maximum atomic E-state index is 11.8. The van der Waals surface area contributed by atoms with Crippen molar-refractivity contribution in [2.24, 2.45) is 0 Å². The number of carboxylic acids is 2. The summed E-state index contributed by atoms with van der Waals surface area (Å²) in [6, 6.07) is 5.87. The average molecular weight is 401 g/mol. The molecule has 1 heterocycles. The molecule has 1 amide bonds. The third-order valence-corrected chi connectivity index (χ3v) is 4.37. The molecular formula is C16H21BrN2O5. The molecule has 0 aromatic heterocycles. The molecule has 1 aliphatic rings. The molecule has 24 heavy (non-hydrogen) atoms. The molecule has 8 heteroatoms. The van der Waals surface area contributed by atoms with Crippen LogP contribution in [-0.4, -0.2) is 52.6 Å². The Labute approximate surface area is 148 Å². The summed E-state index contributed by atoms with van der Waals surface area (Å²) in [5, 5.41) is 17.7. The number of hydrogen-bond donors (Lipinski definition) is 3. The van der Waals surface area contributed by atoms with E-state index in [1.165, 1.54) is 12.8 Å². The minimum absolute atomic E-state index is 0.101. The van der Waals surface area contributed by atoms with Crippen molar-refractivity contribution in [2.45, 2.75) is 26.2 Å². The van der Waals surface area contributed by atoms with Gasteiger partial charge in [-0.05, 0) is 56.6 Å². The predicted molar refractivity (Wildman–Crippen MR) is 93.1 cm³/mol. The maximum absolute atomic E-state index is 11.8. The third-order valence-electron chi connectivity index (χ3n) is 3.48. The van der Waals surface area contributed by atoms with E-state index in [4.69, 9.17) is 19.8 Å². The van der Waals surface area contributed by atoms with E-state index in [1.807, 2.05) is 25.1 Å². The molecular weight excluding hydrogens is 380 g/mol. The van der Waals surface area contributed by atoms with Gasteiger partial charge in [0.1, 0.15) is 0 Å². The van der Waals surface area contributed by atoms with Crippen LogP contribution >= 0.6 is 15.9 Å². The lowest BCUT2D eigenvalue weighted by atomic mass is 10.2. The molecule has 0 radical (unpaired) electrons.